The summed E-state index contributed by atoms with van der Waals surface area (Å²) in [6.45, 7) is 3.45. The Kier molecular flexibility index (Phi) is 6.71. The molecule has 0 spiro atoms. The van der Waals surface area contributed by atoms with Crippen LogP contribution in [0.1, 0.15) is 18.9 Å². The lowest BCUT2D eigenvalue weighted by Gasteiger charge is -2.16. The minimum Gasteiger partial charge on any atom is -0.455 e. The number of benzene rings is 3. The lowest BCUT2D eigenvalue weighted by atomic mass is 10.1. The molecule has 1 saturated heterocycles. The van der Waals surface area contributed by atoms with Crippen LogP contribution in [0.5, 0.6) is 0 Å². The number of rotatable bonds is 8. The first-order chi connectivity index (χ1) is 17.5. The molecule has 2 heterocycles. The van der Waals surface area contributed by atoms with Crippen molar-refractivity contribution in [3.63, 3.8) is 0 Å². The van der Waals surface area contributed by atoms with Gasteiger partial charge in [-0.2, -0.15) is 0 Å². The van der Waals surface area contributed by atoms with Crippen molar-refractivity contribution in [1.29, 1.82) is 0 Å². The monoisotopic (exact) mass is 483 g/mol. The highest BCUT2D eigenvalue weighted by Crippen LogP contribution is 2.31. The number of nitrogens with one attached hydrogen (secondary N) is 1. The third kappa shape index (κ3) is 4.82. The summed E-state index contributed by atoms with van der Waals surface area (Å²) in [6.07, 6.45) is 0.853. The van der Waals surface area contributed by atoms with Gasteiger partial charge in [-0.25, -0.2) is 0 Å². The van der Waals surface area contributed by atoms with Gasteiger partial charge in [-0.05, 0) is 43.2 Å². The summed E-state index contributed by atoms with van der Waals surface area (Å²) < 4.78 is 7.50. The molecule has 0 bridgehead atoms. The number of hydrogen-bond acceptors (Lipinski definition) is 4. The number of anilines is 1. The van der Waals surface area contributed by atoms with Crippen molar-refractivity contribution in [2.75, 3.05) is 25.0 Å². The van der Waals surface area contributed by atoms with Crippen molar-refractivity contribution in [2.24, 2.45) is 5.92 Å². The van der Waals surface area contributed by atoms with Crippen LogP contribution in [0.25, 0.3) is 21.8 Å². The Morgan fingerprint density at radius 2 is 1.72 bits per heavy atom. The van der Waals surface area contributed by atoms with Gasteiger partial charge in [-0.15, -0.1) is 0 Å². The van der Waals surface area contributed by atoms with Crippen molar-refractivity contribution in [3.8, 4) is 0 Å². The molecule has 1 atom stereocenters. The first-order valence-electron chi connectivity index (χ1n) is 12.3. The summed E-state index contributed by atoms with van der Waals surface area (Å²) >= 11 is 0. The summed E-state index contributed by atoms with van der Waals surface area (Å²) in [6, 6.07) is 23.9. The first kappa shape index (κ1) is 23.6. The Labute approximate surface area is 209 Å². The molecule has 7 heteroatoms. The van der Waals surface area contributed by atoms with E-state index in [4.69, 9.17) is 4.74 Å². The van der Waals surface area contributed by atoms with E-state index in [0.717, 1.165) is 40.3 Å². The molecule has 0 radical (unpaired) electrons. The lowest BCUT2D eigenvalue weighted by Crippen LogP contribution is -2.29. The number of hydrogen-bond donors (Lipinski definition) is 1. The van der Waals surface area contributed by atoms with E-state index >= 15 is 0 Å². The van der Waals surface area contributed by atoms with Crippen LogP contribution < -0.4 is 5.32 Å². The van der Waals surface area contributed by atoms with Crippen molar-refractivity contribution >= 4 is 45.3 Å². The van der Waals surface area contributed by atoms with E-state index in [1.165, 1.54) is 0 Å². The maximum atomic E-state index is 12.5. The Balaban J connectivity index is 1.16. The van der Waals surface area contributed by atoms with Crippen LogP contribution in [-0.4, -0.2) is 46.9 Å². The van der Waals surface area contributed by atoms with Gasteiger partial charge in [0.1, 0.15) is 0 Å². The second-order valence-electron chi connectivity index (χ2n) is 9.13. The molecule has 1 aromatic heterocycles. The summed E-state index contributed by atoms with van der Waals surface area (Å²) in [4.78, 5) is 39.1. The van der Waals surface area contributed by atoms with Gasteiger partial charge < -0.3 is 19.5 Å². The zero-order valence-corrected chi connectivity index (χ0v) is 20.3. The number of carbonyl (C=O) groups excluding carboxylic acids is 3. The summed E-state index contributed by atoms with van der Waals surface area (Å²) in [7, 11) is 0. The fraction of sp³-hybridized carbons (Fsp3) is 0.276. The number of amides is 2. The zero-order valence-electron chi connectivity index (χ0n) is 20.3. The van der Waals surface area contributed by atoms with Gasteiger partial charge in [-0.1, -0.05) is 48.5 Å². The Morgan fingerprint density at radius 1 is 0.972 bits per heavy atom. The van der Waals surface area contributed by atoms with E-state index in [-0.39, 0.29) is 18.9 Å². The molecule has 1 fully saturated rings. The summed E-state index contributed by atoms with van der Waals surface area (Å²) in [5.41, 5.74) is 4.04. The number of fused-ring (bicyclic) bond motifs is 3. The molecule has 1 aliphatic rings. The highest BCUT2D eigenvalue weighted by Gasteiger charge is 2.35. The molecule has 0 aliphatic carbocycles. The van der Waals surface area contributed by atoms with Gasteiger partial charge in [0.2, 0.25) is 5.91 Å². The van der Waals surface area contributed by atoms with E-state index < -0.39 is 17.8 Å². The standard InChI is InChI=1S/C29H29N3O4/c1-2-32-25-11-7-6-10-23(25)24-17-22(12-13-26(24)32)30-27(33)19-36-29(35)21-16-28(34)31(18-21)15-14-20-8-4-3-5-9-20/h3-13,17,21H,2,14-16,18-19H2,1H3,(H,30,33)/t21-/m1/s1. The zero-order chi connectivity index (χ0) is 25.1. The molecular formula is C29H29N3O4. The van der Waals surface area contributed by atoms with Crippen LogP contribution in [0.15, 0.2) is 72.8 Å². The van der Waals surface area contributed by atoms with Crippen LogP contribution in [0.4, 0.5) is 5.69 Å². The van der Waals surface area contributed by atoms with E-state index in [1.54, 1.807) is 4.90 Å². The summed E-state index contributed by atoms with van der Waals surface area (Å²) in [5, 5.41) is 5.01. The van der Waals surface area contributed by atoms with Gasteiger partial charge in [0, 0.05) is 53.5 Å². The first-order valence-corrected chi connectivity index (χ1v) is 12.3. The molecule has 36 heavy (non-hydrogen) atoms. The fourth-order valence-corrected chi connectivity index (χ4v) is 4.98. The molecule has 0 unspecified atom stereocenters. The average molecular weight is 484 g/mol. The van der Waals surface area contributed by atoms with Crippen molar-refractivity contribution in [1.82, 2.24) is 9.47 Å². The van der Waals surface area contributed by atoms with Crippen molar-refractivity contribution in [2.45, 2.75) is 26.3 Å². The molecule has 7 nitrogen and oxygen atoms in total. The molecule has 2 amide bonds. The van der Waals surface area contributed by atoms with E-state index in [2.05, 4.69) is 28.9 Å². The maximum Gasteiger partial charge on any atom is 0.311 e. The number of aromatic nitrogens is 1. The third-order valence-electron chi connectivity index (χ3n) is 6.78. The predicted molar refractivity (Wildman–Crippen MR) is 140 cm³/mol. The van der Waals surface area contributed by atoms with Crippen molar-refractivity contribution in [3.05, 3.63) is 78.4 Å². The number of carbonyl (C=O) groups is 3. The topological polar surface area (TPSA) is 80.6 Å². The van der Waals surface area contributed by atoms with Gasteiger partial charge in [0.25, 0.3) is 5.91 Å². The highest BCUT2D eigenvalue weighted by molar-refractivity contribution is 6.09. The number of ether oxygens (including phenoxy) is 1. The van der Waals surface area contributed by atoms with Crippen molar-refractivity contribution < 1.29 is 19.1 Å². The van der Waals surface area contributed by atoms with E-state index in [9.17, 15) is 14.4 Å². The second-order valence-corrected chi connectivity index (χ2v) is 9.13. The second kappa shape index (κ2) is 10.2. The number of likely N-dealkylation sites (tertiary alicyclic amines) is 1. The highest BCUT2D eigenvalue weighted by atomic mass is 16.5. The minimum absolute atomic E-state index is 0.0584. The maximum absolute atomic E-state index is 12.5. The summed E-state index contributed by atoms with van der Waals surface area (Å²) in [5.74, 6) is -1.52. The third-order valence-corrected chi connectivity index (χ3v) is 6.78. The molecule has 5 rings (SSSR count). The number of nitrogens with zero attached hydrogens (tertiary/aromatic N) is 2. The Bertz CT molecular complexity index is 1430. The lowest BCUT2D eigenvalue weighted by molar-refractivity contribution is -0.151. The van der Waals surface area contributed by atoms with Crippen LogP contribution >= 0.6 is 0 Å². The largest absolute Gasteiger partial charge is 0.455 e. The normalized spacial score (nSPS) is 15.5. The number of aryl methyl sites for hydroxylation is 1. The molecule has 3 aromatic carbocycles. The molecule has 4 aromatic rings. The van der Waals surface area contributed by atoms with Crippen LogP contribution in [0, 0.1) is 5.92 Å². The predicted octanol–water partition coefficient (Wildman–Crippen LogP) is 4.39. The Morgan fingerprint density at radius 3 is 2.53 bits per heavy atom. The smallest absolute Gasteiger partial charge is 0.311 e. The van der Waals surface area contributed by atoms with Gasteiger partial charge in [0.05, 0.1) is 5.92 Å². The van der Waals surface area contributed by atoms with E-state index in [0.29, 0.717) is 18.8 Å². The SMILES string of the molecule is CCn1c2ccccc2c2cc(NC(=O)COC(=O)[C@@H]3CC(=O)N(CCc4ccccc4)C3)ccc21. The van der Waals surface area contributed by atoms with Crippen LogP contribution in [0.2, 0.25) is 0 Å². The minimum atomic E-state index is -0.544. The molecule has 184 valence electrons. The molecular weight excluding hydrogens is 454 g/mol. The van der Waals surface area contributed by atoms with Gasteiger partial charge in [0.15, 0.2) is 6.61 Å². The average Bonchev–Trinajstić information content (AvgIpc) is 3.43. The molecule has 0 saturated carbocycles. The Hall–Kier alpha value is -4.13. The quantitative estimate of drug-likeness (QED) is 0.377. The van der Waals surface area contributed by atoms with Gasteiger partial charge in [-0.3, -0.25) is 14.4 Å². The van der Waals surface area contributed by atoms with Crippen LogP contribution in [-0.2, 0) is 32.1 Å². The molecule has 1 aliphatic heterocycles. The fourth-order valence-electron chi connectivity index (χ4n) is 4.98. The number of esters is 1. The van der Waals surface area contributed by atoms with Crippen LogP contribution in [0.3, 0.4) is 0 Å². The number of para-hydroxylation sites is 1. The molecule has 1 N–H and O–H groups in total. The van der Waals surface area contributed by atoms with E-state index in [1.807, 2.05) is 60.7 Å². The van der Waals surface area contributed by atoms with Gasteiger partial charge >= 0.3 is 5.97 Å².